The van der Waals surface area contributed by atoms with E-state index in [-0.39, 0.29) is 16.3 Å². The number of urea groups is 1. The van der Waals surface area contributed by atoms with Crippen LogP contribution in [-0.2, 0) is 0 Å². The monoisotopic (exact) mass is 257 g/mol. The zero-order valence-electron chi connectivity index (χ0n) is 9.10. The standard InChI is InChI=1S/C10H9ClFN3O2/c1-4-14-7-5(11)3-6(12)8(9(7)17-4)15-10(16)13-2/h3H,1-2H3,(H2,13,15,16). The first-order valence-electron chi connectivity index (χ1n) is 4.76. The molecule has 2 aromatic rings. The summed E-state index contributed by atoms with van der Waals surface area (Å²) in [6.07, 6.45) is 0. The predicted molar refractivity (Wildman–Crippen MR) is 61.8 cm³/mol. The molecule has 2 amide bonds. The average molecular weight is 258 g/mol. The van der Waals surface area contributed by atoms with Gasteiger partial charge in [-0.3, -0.25) is 0 Å². The van der Waals surface area contributed by atoms with Gasteiger partial charge in [-0.1, -0.05) is 11.6 Å². The molecule has 1 aromatic heterocycles. The highest BCUT2D eigenvalue weighted by Crippen LogP contribution is 2.32. The van der Waals surface area contributed by atoms with E-state index >= 15 is 0 Å². The summed E-state index contributed by atoms with van der Waals surface area (Å²) in [4.78, 5) is 15.2. The van der Waals surface area contributed by atoms with Gasteiger partial charge in [-0.05, 0) is 6.07 Å². The molecule has 90 valence electrons. The fourth-order valence-corrected chi connectivity index (χ4v) is 1.63. The minimum absolute atomic E-state index is 0.0793. The lowest BCUT2D eigenvalue weighted by atomic mass is 10.2. The zero-order chi connectivity index (χ0) is 12.6. The third-order valence-electron chi connectivity index (χ3n) is 2.15. The quantitative estimate of drug-likeness (QED) is 0.825. The van der Waals surface area contributed by atoms with Gasteiger partial charge in [0.15, 0.2) is 17.3 Å². The van der Waals surface area contributed by atoms with Gasteiger partial charge in [-0.15, -0.1) is 0 Å². The Balaban J connectivity index is 2.64. The molecule has 1 heterocycles. The summed E-state index contributed by atoms with van der Waals surface area (Å²) in [7, 11) is 1.42. The van der Waals surface area contributed by atoms with E-state index in [0.29, 0.717) is 11.4 Å². The molecule has 2 rings (SSSR count). The van der Waals surface area contributed by atoms with Gasteiger partial charge in [0.2, 0.25) is 0 Å². The van der Waals surface area contributed by atoms with Crippen LogP contribution in [0, 0.1) is 12.7 Å². The van der Waals surface area contributed by atoms with Gasteiger partial charge in [0.05, 0.1) is 5.02 Å². The average Bonchev–Trinajstić information content (AvgIpc) is 2.66. The molecule has 0 fully saturated rings. The Bertz CT molecular complexity index is 597. The highest BCUT2D eigenvalue weighted by molar-refractivity contribution is 6.35. The predicted octanol–water partition coefficient (Wildman–Crippen LogP) is 2.68. The van der Waals surface area contributed by atoms with Crippen molar-refractivity contribution in [2.45, 2.75) is 6.92 Å². The number of anilines is 1. The number of fused-ring (bicyclic) bond motifs is 1. The van der Waals surface area contributed by atoms with Crippen molar-refractivity contribution < 1.29 is 13.6 Å². The number of carbonyl (C=O) groups excluding carboxylic acids is 1. The van der Waals surface area contributed by atoms with Crippen LogP contribution in [0.15, 0.2) is 10.5 Å². The van der Waals surface area contributed by atoms with Crippen LogP contribution in [0.4, 0.5) is 14.9 Å². The SMILES string of the molecule is CNC(=O)Nc1c(F)cc(Cl)c2nc(C)oc12. The summed E-state index contributed by atoms with van der Waals surface area (Å²) in [5, 5.41) is 4.78. The second kappa shape index (κ2) is 4.21. The molecular weight excluding hydrogens is 249 g/mol. The molecule has 0 atom stereocenters. The van der Waals surface area contributed by atoms with Crippen LogP contribution in [0.25, 0.3) is 11.1 Å². The van der Waals surface area contributed by atoms with Crippen molar-refractivity contribution in [3.05, 3.63) is 22.8 Å². The van der Waals surface area contributed by atoms with Gasteiger partial charge in [0.25, 0.3) is 0 Å². The van der Waals surface area contributed by atoms with E-state index in [0.717, 1.165) is 6.07 Å². The van der Waals surface area contributed by atoms with Gasteiger partial charge < -0.3 is 15.1 Å². The number of halogens is 2. The minimum Gasteiger partial charge on any atom is -0.439 e. The third-order valence-corrected chi connectivity index (χ3v) is 2.43. The lowest BCUT2D eigenvalue weighted by Gasteiger charge is -2.06. The number of hydrogen-bond donors (Lipinski definition) is 2. The number of nitrogens with zero attached hydrogens (tertiary/aromatic N) is 1. The van der Waals surface area contributed by atoms with E-state index in [2.05, 4.69) is 15.6 Å². The number of aryl methyl sites for hydroxylation is 1. The number of rotatable bonds is 1. The molecule has 0 saturated heterocycles. The topological polar surface area (TPSA) is 67.2 Å². The third kappa shape index (κ3) is 2.03. The van der Waals surface area contributed by atoms with Crippen LogP contribution in [-0.4, -0.2) is 18.1 Å². The van der Waals surface area contributed by atoms with E-state index in [4.69, 9.17) is 16.0 Å². The van der Waals surface area contributed by atoms with Gasteiger partial charge >= 0.3 is 6.03 Å². The van der Waals surface area contributed by atoms with Crippen LogP contribution in [0.2, 0.25) is 5.02 Å². The molecule has 0 aliphatic carbocycles. The molecule has 0 aliphatic rings. The largest absolute Gasteiger partial charge is 0.439 e. The maximum Gasteiger partial charge on any atom is 0.319 e. The molecule has 7 heteroatoms. The normalized spacial score (nSPS) is 10.6. The van der Waals surface area contributed by atoms with E-state index in [1.54, 1.807) is 6.92 Å². The van der Waals surface area contributed by atoms with Crippen molar-refractivity contribution in [2.75, 3.05) is 12.4 Å². The highest BCUT2D eigenvalue weighted by Gasteiger charge is 2.18. The molecular formula is C10H9ClFN3O2. The van der Waals surface area contributed by atoms with Crippen molar-refractivity contribution in [3.63, 3.8) is 0 Å². The maximum atomic E-state index is 13.7. The summed E-state index contributed by atoms with van der Waals surface area (Å²) >= 11 is 5.83. The zero-order valence-corrected chi connectivity index (χ0v) is 9.85. The Kier molecular flexibility index (Phi) is 2.89. The summed E-state index contributed by atoms with van der Waals surface area (Å²) < 4.78 is 18.9. The van der Waals surface area contributed by atoms with Crippen LogP contribution in [0.5, 0.6) is 0 Å². The van der Waals surface area contributed by atoms with Crippen molar-refractivity contribution in [1.82, 2.24) is 10.3 Å². The number of oxazole rings is 1. The number of carbonyl (C=O) groups is 1. The highest BCUT2D eigenvalue weighted by atomic mass is 35.5. The number of amides is 2. The number of nitrogens with one attached hydrogen (secondary N) is 2. The van der Waals surface area contributed by atoms with E-state index in [1.807, 2.05) is 0 Å². The van der Waals surface area contributed by atoms with Crippen molar-refractivity contribution in [3.8, 4) is 0 Å². The van der Waals surface area contributed by atoms with Crippen molar-refractivity contribution in [2.24, 2.45) is 0 Å². The van der Waals surface area contributed by atoms with Crippen LogP contribution in [0.3, 0.4) is 0 Å². The van der Waals surface area contributed by atoms with E-state index < -0.39 is 11.8 Å². The fourth-order valence-electron chi connectivity index (χ4n) is 1.41. The molecule has 0 bridgehead atoms. The molecule has 17 heavy (non-hydrogen) atoms. The molecule has 5 nitrogen and oxygen atoms in total. The molecule has 2 N–H and O–H groups in total. The summed E-state index contributed by atoms with van der Waals surface area (Å²) in [5.74, 6) is -0.338. The van der Waals surface area contributed by atoms with Crippen LogP contribution >= 0.6 is 11.6 Å². The van der Waals surface area contributed by atoms with E-state index in [1.165, 1.54) is 7.05 Å². The molecule has 0 saturated carbocycles. The summed E-state index contributed by atoms with van der Waals surface area (Å²) in [6.45, 7) is 1.61. The van der Waals surface area contributed by atoms with Gasteiger partial charge in [-0.2, -0.15) is 0 Å². The fraction of sp³-hybridized carbons (Fsp3) is 0.200. The number of aromatic nitrogens is 1. The van der Waals surface area contributed by atoms with Gasteiger partial charge in [0.1, 0.15) is 11.2 Å². The lowest BCUT2D eigenvalue weighted by molar-refractivity contribution is 0.254. The lowest BCUT2D eigenvalue weighted by Crippen LogP contribution is -2.25. The van der Waals surface area contributed by atoms with Crippen molar-refractivity contribution >= 4 is 34.4 Å². The molecule has 1 aromatic carbocycles. The first-order valence-corrected chi connectivity index (χ1v) is 5.14. The van der Waals surface area contributed by atoms with E-state index in [9.17, 15) is 9.18 Å². The van der Waals surface area contributed by atoms with Crippen LogP contribution in [0.1, 0.15) is 5.89 Å². The Morgan fingerprint density at radius 1 is 1.59 bits per heavy atom. The minimum atomic E-state index is -0.678. The summed E-state index contributed by atoms with van der Waals surface area (Å²) in [6, 6.07) is 0.526. The Morgan fingerprint density at radius 3 is 2.94 bits per heavy atom. The molecule has 0 radical (unpaired) electrons. The molecule has 0 unspecified atom stereocenters. The number of benzene rings is 1. The van der Waals surface area contributed by atoms with Gasteiger partial charge in [-0.25, -0.2) is 14.2 Å². The smallest absolute Gasteiger partial charge is 0.319 e. The van der Waals surface area contributed by atoms with Crippen LogP contribution < -0.4 is 10.6 Å². The Morgan fingerprint density at radius 2 is 2.29 bits per heavy atom. The molecule has 0 aliphatic heterocycles. The first-order chi connectivity index (χ1) is 8.02. The second-order valence-electron chi connectivity index (χ2n) is 3.33. The van der Waals surface area contributed by atoms with Crippen molar-refractivity contribution in [1.29, 1.82) is 0 Å². The number of hydrogen-bond acceptors (Lipinski definition) is 3. The second-order valence-corrected chi connectivity index (χ2v) is 3.74. The van der Waals surface area contributed by atoms with Gasteiger partial charge in [0, 0.05) is 14.0 Å². The Labute approximate surface area is 101 Å². The first kappa shape index (κ1) is 11.7. The molecule has 0 spiro atoms. The maximum absolute atomic E-state index is 13.7. The Hall–Kier alpha value is -1.82. The summed E-state index contributed by atoms with van der Waals surface area (Å²) in [5.41, 5.74) is 0.359.